The van der Waals surface area contributed by atoms with Crippen LogP contribution in [-0.2, 0) is 4.74 Å². The summed E-state index contributed by atoms with van der Waals surface area (Å²) in [5.41, 5.74) is 0.804. The highest BCUT2D eigenvalue weighted by Crippen LogP contribution is 2.36. The molecule has 0 spiro atoms. The average molecular weight is 380 g/mol. The normalized spacial score (nSPS) is 10.9. The summed E-state index contributed by atoms with van der Waals surface area (Å²) in [5, 5.41) is 0.957. The number of aryl methyl sites for hydroxylation is 1. The summed E-state index contributed by atoms with van der Waals surface area (Å²) in [4.78, 5) is 24.3. The summed E-state index contributed by atoms with van der Waals surface area (Å²) in [5.74, 6) is 0.612. The molecule has 0 N–H and O–H groups in total. The molecule has 0 fully saturated rings. The number of aromatic nitrogens is 2. The molecule has 2 aromatic rings. The predicted octanol–water partition coefficient (Wildman–Crippen LogP) is 4.64. The molecule has 0 aromatic carbocycles. The topological polar surface area (TPSA) is 55.3 Å². The lowest BCUT2D eigenvalue weighted by atomic mass is 10.2. The Morgan fingerprint density at radius 2 is 1.96 bits per heavy atom. The number of anilines is 1. The van der Waals surface area contributed by atoms with Crippen LogP contribution in [0.3, 0.4) is 0 Å². The summed E-state index contributed by atoms with van der Waals surface area (Å²) in [6, 6.07) is 0. The first-order valence-electron chi connectivity index (χ1n) is 7.99. The van der Waals surface area contributed by atoms with Crippen molar-refractivity contribution in [3.05, 3.63) is 41.0 Å². The molecular weight excluding hydrogens is 358 g/mol. The number of carbonyl (C=O) groups excluding carboxylic acids is 1. The third-order valence-electron chi connectivity index (χ3n) is 3.48. The molecule has 25 heavy (non-hydrogen) atoms. The van der Waals surface area contributed by atoms with Crippen LogP contribution in [0.2, 0.25) is 5.28 Å². The van der Waals surface area contributed by atoms with Crippen molar-refractivity contribution in [2.75, 3.05) is 24.6 Å². The Hall–Kier alpha value is -1.92. The molecule has 0 bridgehead atoms. The molecule has 5 nitrogen and oxygen atoms in total. The minimum absolute atomic E-state index is 0.143. The zero-order chi connectivity index (χ0) is 18.6. The number of hydrogen-bond donors (Lipinski definition) is 0. The molecule has 0 atom stereocenters. The quantitative estimate of drug-likeness (QED) is 0.380. The lowest BCUT2D eigenvalue weighted by Crippen LogP contribution is -2.24. The van der Waals surface area contributed by atoms with E-state index in [9.17, 15) is 4.79 Å². The number of nitrogens with zero attached hydrogens (tertiary/aromatic N) is 3. The predicted molar refractivity (Wildman–Crippen MR) is 105 cm³/mol. The van der Waals surface area contributed by atoms with Crippen molar-refractivity contribution in [2.24, 2.45) is 5.92 Å². The first-order chi connectivity index (χ1) is 11.9. The molecule has 7 heteroatoms. The first kappa shape index (κ1) is 19.4. The van der Waals surface area contributed by atoms with Gasteiger partial charge in [0.25, 0.3) is 0 Å². The Balaban J connectivity index is 2.55. The van der Waals surface area contributed by atoms with Crippen molar-refractivity contribution in [3.8, 4) is 0 Å². The van der Waals surface area contributed by atoms with Crippen molar-refractivity contribution >= 4 is 44.9 Å². The molecule has 134 valence electrons. The van der Waals surface area contributed by atoms with Gasteiger partial charge in [0, 0.05) is 13.1 Å². The second-order valence-corrected chi connectivity index (χ2v) is 7.36. The maximum absolute atomic E-state index is 12.4. The van der Waals surface area contributed by atoms with E-state index in [1.54, 1.807) is 12.2 Å². The highest BCUT2D eigenvalue weighted by atomic mass is 35.5. The molecule has 2 heterocycles. The monoisotopic (exact) mass is 379 g/mol. The standard InChI is InChI=1S/C18H22ClN3O2S/c1-6-8-22(9-7-2)15-13-12(5)14(17(23)24-10-11(3)4)25-16(13)21-18(19)20-15/h6-7,11H,1-2,8-10H2,3-5H3. The van der Waals surface area contributed by atoms with Crippen molar-refractivity contribution in [1.29, 1.82) is 0 Å². The Bertz CT molecular complexity index is 791. The van der Waals surface area contributed by atoms with Gasteiger partial charge in [-0.05, 0) is 30.0 Å². The van der Waals surface area contributed by atoms with Crippen LogP contribution >= 0.6 is 22.9 Å². The van der Waals surface area contributed by atoms with E-state index in [1.807, 2.05) is 25.7 Å². The highest BCUT2D eigenvalue weighted by molar-refractivity contribution is 7.20. The van der Waals surface area contributed by atoms with Gasteiger partial charge in [0.2, 0.25) is 5.28 Å². The van der Waals surface area contributed by atoms with Crippen LogP contribution in [0.15, 0.2) is 25.3 Å². The van der Waals surface area contributed by atoms with E-state index < -0.39 is 0 Å². The number of hydrogen-bond acceptors (Lipinski definition) is 6. The largest absolute Gasteiger partial charge is 0.461 e. The zero-order valence-electron chi connectivity index (χ0n) is 14.7. The van der Waals surface area contributed by atoms with Crippen molar-refractivity contribution in [1.82, 2.24) is 9.97 Å². The lowest BCUT2D eigenvalue weighted by molar-refractivity contribution is 0.0464. The fraction of sp³-hybridized carbons (Fsp3) is 0.389. The molecular formula is C18H22ClN3O2S. The molecule has 0 saturated heterocycles. The van der Waals surface area contributed by atoms with Crippen LogP contribution in [0.25, 0.3) is 10.2 Å². The smallest absolute Gasteiger partial charge is 0.348 e. The lowest BCUT2D eigenvalue weighted by Gasteiger charge is -2.21. The summed E-state index contributed by atoms with van der Waals surface area (Å²) in [7, 11) is 0. The maximum atomic E-state index is 12.4. The van der Waals surface area contributed by atoms with E-state index in [1.165, 1.54) is 11.3 Å². The number of halogens is 1. The Labute approximate surface area is 157 Å². The van der Waals surface area contributed by atoms with Crippen LogP contribution < -0.4 is 4.90 Å². The Morgan fingerprint density at radius 1 is 1.32 bits per heavy atom. The summed E-state index contributed by atoms with van der Waals surface area (Å²) in [6.07, 6.45) is 3.57. The zero-order valence-corrected chi connectivity index (χ0v) is 16.3. The van der Waals surface area contributed by atoms with Crippen molar-refractivity contribution in [2.45, 2.75) is 20.8 Å². The number of fused-ring (bicyclic) bond motifs is 1. The van der Waals surface area contributed by atoms with Crippen LogP contribution in [0.5, 0.6) is 0 Å². The summed E-state index contributed by atoms with van der Waals surface area (Å²) >= 11 is 7.38. The van der Waals surface area contributed by atoms with Gasteiger partial charge in [0.15, 0.2) is 0 Å². The highest BCUT2D eigenvalue weighted by Gasteiger charge is 2.23. The molecule has 0 saturated carbocycles. The van der Waals surface area contributed by atoms with E-state index in [4.69, 9.17) is 16.3 Å². The fourth-order valence-electron chi connectivity index (χ4n) is 2.38. The molecule has 0 aliphatic carbocycles. The van der Waals surface area contributed by atoms with Gasteiger partial charge in [-0.15, -0.1) is 24.5 Å². The Kier molecular flexibility index (Phi) is 6.56. The molecule has 0 amide bonds. The van der Waals surface area contributed by atoms with Crippen LogP contribution in [0, 0.1) is 12.8 Å². The van der Waals surface area contributed by atoms with Gasteiger partial charge >= 0.3 is 5.97 Å². The van der Waals surface area contributed by atoms with Gasteiger partial charge in [-0.2, -0.15) is 4.98 Å². The first-order valence-corrected chi connectivity index (χ1v) is 9.19. The number of carbonyl (C=O) groups is 1. The average Bonchev–Trinajstić information content (AvgIpc) is 2.88. The fourth-order valence-corrected chi connectivity index (χ4v) is 3.67. The van der Waals surface area contributed by atoms with Gasteiger partial charge in [-0.3, -0.25) is 0 Å². The van der Waals surface area contributed by atoms with Gasteiger partial charge in [-0.25, -0.2) is 9.78 Å². The number of esters is 1. The van der Waals surface area contributed by atoms with E-state index in [-0.39, 0.29) is 17.2 Å². The van der Waals surface area contributed by atoms with Crippen molar-refractivity contribution < 1.29 is 9.53 Å². The minimum atomic E-state index is -0.338. The summed E-state index contributed by atoms with van der Waals surface area (Å²) in [6.45, 7) is 15.0. The molecule has 0 aliphatic heterocycles. The van der Waals surface area contributed by atoms with Gasteiger partial charge in [0.1, 0.15) is 15.5 Å². The molecule has 0 aliphatic rings. The van der Waals surface area contributed by atoms with E-state index in [2.05, 4.69) is 23.1 Å². The van der Waals surface area contributed by atoms with Gasteiger partial charge < -0.3 is 9.64 Å². The number of ether oxygens (including phenoxy) is 1. The molecule has 0 unspecified atom stereocenters. The number of thiophene rings is 1. The summed E-state index contributed by atoms with van der Waals surface area (Å²) < 4.78 is 5.37. The maximum Gasteiger partial charge on any atom is 0.348 e. The third-order valence-corrected chi connectivity index (χ3v) is 4.81. The second-order valence-electron chi connectivity index (χ2n) is 6.03. The van der Waals surface area contributed by atoms with E-state index in [0.29, 0.717) is 35.2 Å². The SMILES string of the molecule is C=CCN(CC=C)c1nc(Cl)nc2sc(C(=O)OCC(C)C)c(C)c12. The van der Waals surface area contributed by atoms with E-state index >= 15 is 0 Å². The Morgan fingerprint density at radius 3 is 2.52 bits per heavy atom. The molecule has 0 radical (unpaired) electrons. The van der Waals surface area contributed by atoms with Gasteiger partial charge in [-0.1, -0.05) is 26.0 Å². The van der Waals surface area contributed by atoms with Crippen LogP contribution in [0.4, 0.5) is 5.82 Å². The van der Waals surface area contributed by atoms with Crippen LogP contribution in [0.1, 0.15) is 29.1 Å². The third kappa shape index (κ3) is 4.38. The molecule has 2 rings (SSSR count). The van der Waals surface area contributed by atoms with E-state index in [0.717, 1.165) is 10.9 Å². The molecule has 2 aromatic heterocycles. The second kappa shape index (κ2) is 8.45. The van der Waals surface area contributed by atoms with Crippen molar-refractivity contribution in [3.63, 3.8) is 0 Å². The number of rotatable bonds is 8. The minimum Gasteiger partial charge on any atom is -0.461 e. The van der Waals surface area contributed by atoms with Gasteiger partial charge in [0.05, 0.1) is 12.0 Å². The van der Waals surface area contributed by atoms with Crippen LogP contribution in [-0.4, -0.2) is 35.6 Å².